The third kappa shape index (κ3) is 2.87. The quantitative estimate of drug-likeness (QED) is 0.648. The summed E-state index contributed by atoms with van der Waals surface area (Å²) in [5.41, 5.74) is 0.354. The van der Waals surface area contributed by atoms with Gasteiger partial charge in [-0.1, -0.05) is 17.7 Å². The number of nitrogens with one attached hydrogen (secondary N) is 1. The Kier molecular flexibility index (Phi) is 3.62. The molecule has 1 aliphatic rings. The van der Waals surface area contributed by atoms with E-state index in [1.54, 1.807) is 18.2 Å². The summed E-state index contributed by atoms with van der Waals surface area (Å²) in [6.45, 7) is 0. The number of hydrogen-bond donors (Lipinski definition) is 1. The fourth-order valence-corrected chi connectivity index (χ4v) is 1.81. The number of esters is 2. The van der Waals surface area contributed by atoms with Gasteiger partial charge in [-0.05, 0) is 24.6 Å². The maximum atomic E-state index is 11.8. The number of halogens is 1. The van der Waals surface area contributed by atoms with Crippen LogP contribution in [-0.4, -0.2) is 23.9 Å². The number of rotatable bonds is 2. The van der Waals surface area contributed by atoms with E-state index in [0.29, 0.717) is 10.6 Å². The van der Waals surface area contributed by atoms with Gasteiger partial charge in [0.1, 0.15) is 6.04 Å². The van der Waals surface area contributed by atoms with E-state index in [1.807, 2.05) is 0 Å². The van der Waals surface area contributed by atoms with Crippen molar-refractivity contribution in [1.29, 1.82) is 0 Å². The van der Waals surface area contributed by atoms with Gasteiger partial charge in [0.15, 0.2) is 0 Å². The third-order valence-corrected chi connectivity index (χ3v) is 2.76. The average molecular weight is 268 g/mol. The molecule has 2 rings (SSSR count). The molecule has 94 valence electrons. The molecule has 0 unspecified atom stereocenters. The standard InChI is InChI=1S/C12H10ClNO4/c13-8-3-1-2-7(6-8)11(16)14-9-4-5-10(15)18-12(9)17/h1-3,6,9H,4-5H2,(H,14,16)/t9-/m0/s1. The fourth-order valence-electron chi connectivity index (χ4n) is 1.62. The molecule has 1 aromatic rings. The number of cyclic esters (lactones) is 2. The molecule has 1 N–H and O–H groups in total. The van der Waals surface area contributed by atoms with Crippen LogP contribution in [0.5, 0.6) is 0 Å². The molecule has 0 aliphatic carbocycles. The highest BCUT2D eigenvalue weighted by molar-refractivity contribution is 6.31. The zero-order valence-electron chi connectivity index (χ0n) is 9.31. The van der Waals surface area contributed by atoms with Crippen molar-refractivity contribution in [2.45, 2.75) is 18.9 Å². The number of hydrogen-bond acceptors (Lipinski definition) is 4. The maximum absolute atomic E-state index is 11.8. The molecule has 1 atom stereocenters. The lowest BCUT2D eigenvalue weighted by molar-refractivity contribution is -0.165. The van der Waals surface area contributed by atoms with Gasteiger partial charge in [-0.25, -0.2) is 4.79 Å². The smallest absolute Gasteiger partial charge is 0.336 e. The molecule has 18 heavy (non-hydrogen) atoms. The monoisotopic (exact) mass is 267 g/mol. The van der Waals surface area contributed by atoms with E-state index in [1.165, 1.54) is 6.07 Å². The molecule has 6 heteroatoms. The van der Waals surface area contributed by atoms with Crippen molar-refractivity contribution in [3.8, 4) is 0 Å². The summed E-state index contributed by atoms with van der Waals surface area (Å²) < 4.78 is 4.44. The van der Waals surface area contributed by atoms with Gasteiger partial charge in [0.2, 0.25) is 0 Å². The zero-order chi connectivity index (χ0) is 13.1. The predicted molar refractivity (Wildman–Crippen MR) is 63.0 cm³/mol. The van der Waals surface area contributed by atoms with E-state index in [0.717, 1.165) is 0 Å². The van der Waals surface area contributed by atoms with Gasteiger partial charge >= 0.3 is 11.9 Å². The summed E-state index contributed by atoms with van der Waals surface area (Å²) in [6, 6.07) is 5.58. The van der Waals surface area contributed by atoms with Crippen molar-refractivity contribution in [3.63, 3.8) is 0 Å². The first-order valence-electron chi connectivity index (χ1n) is 5.37. The summed E-state index contributed by atoms with van der Waals surface area (Å²) in [6.07, 6.45) is 0.371. The Bertz CT molecular complexity index is 515. The molecular formula is C12H10ClNO4. The van der Waals surface area contributed by atoms with E-state index < -0.39 is 23.9 Å². The molecule has 1 fully saturated rings. The molecule has 0 bridgehead atoms. The van der Waals surface area contributed by atoms with Crippen LogP contribution in [0.25, 0.3) is 0 Å². The van der Waals surface area contributed by atoms with Crippen molar-refractivity contribution in [1.82, 2.24) is 5.32 Å². The van der Waals surface area contributed by atoms with Gasteiger partial charge in [0, 0.05) is 17.0 Å². The van der Waals surface area contributed by atoms with Crippen LogP contribution in [0.4, 0.5) is 0 Å². The highest BCUT2D eigenvalue weighted by Crippen LogP contribution is 2.13. The molecule has 1 heterocycles. The minimum absolute atomic E-state index is 0.117. The Labute approximate surface area is 108 Å². The normalized spacial score (nSPS) is 19.3. The summed E-state index contributed by atoms with van der Waals surface area (Å²) in [5, 5.41) is 2.94. The lowest BCUT2D eigenvalue weighted by Gasteiger charge is -2.20. The average Bonchev–Trinajstić information content (AvgIpc) is 2.32. The minimum Gasteiger partial charge on any atom is -0.392 e. The summed E-state index contributed by atoms with van der Waals surface area (Å²) in [7, 11) is 0. The van der Waals surface area contributed by atoms with Crippen molar-refractivity contribution in [3.05, 3.63) is 34.9 Å². The van der Waals surface area contributed by atoms with Crippen LogP contribution < -0.4 is 5.32 Å². The molecule has 0 aromatic heterocycles. The lowest BCUT2D eigenvalue weighted by atomic mass is 10.1. The zero-order valence-corrected chi connectivity index (χ0v) is 10.1. The first-order valence-corrected chi connectivity index (χ1v) is 5.75. The highest BCUT2D eigenvalue weighted by Gasteiger charge is 2.30. The minimum atomic E-state index is -0.783. The molecular weight excluding hydrogens is 258 g/mol. The summed E-state index contributed by atoms with van der Waals surface area (Å²) in [4.78, 5) is 34.0. The molecule has 0 spiro atoms. The second kappa shape index (κ2) is 5.18. The van der Waals surface area contributed by atoms with Gasteiger partial charge in [0.25, 0.3) is 5.91 Å². The van der Waals surface area contributed by atoms with E-state index >= 15 is 0 Å². The largest absolute Gasteiger partial charge is 0.392 e. The van der Waals surface area contributed by atoms with Gasteiger partial charge < -0.3 is 10.1 Å². The molecule has 1 aliphatic heterocycles. The van der Waals surface area contributed by atoms with Crippen LogP contribution in [0.3, 0.4) is 0 Å². The molecule has 0 saturated carbocycles. The van der Waals surface area contributed by atoms with E-state index in [-0.39, 0.29) is 12.8 Å². The molecule has 0 radical (unpaired) electrons. The third-order valence-electron chi connectivity index (χ3n) is 2.53. The van der Waals surface area contributed by atoms with Gasteiger partial charge in [0.05, 0.1) is 0 Å². The van der Waals surface area contributed by atoms with Crippen molar-refractivity contribution < 1.29 is 19.1 Å². The number of carbonyl (C=O) groups is 3. The fraction of sp³-hybridized carbons (Fsp3) is 0.250. The van der Waals surface area contributed by atoms with Crippen molar-refractivity contribution >= 4 is 29.4 Å². The summed E-state index contributed by atoms with van der Waals surface area (Å²) >= 11 is 5.76. The summed E-state index contributed by atoms with van der Waals surface area (Å²) in [5.74, 6) is -1.70. The van der Waals surface area contributed by atoms with E-state index in [2.05, 4.69) is 10.1 Å². The number of ether oxygens (including phenoxy) is 1. The van der Waals surface area contributed by atoms with Crippen LogP contribution in [0.15, 0.2) is 24.3 Å². The Balaban J connectivity index is 2.03. The Hall–Kier alpha value is -1.88. The van der Waals surface area contributed by atoms with Gasteiger partial charge in [-0.2, -0.15) is 0 Å². The highest BCUT2D eigenvalue weighted by atomic mass is 35.5. The van der Waals surface area contributed by atoms with Gasteiger partial charge in [-0.15, -0.1) is 0 Å². The number of carbonyl (C=O) groups excluding carboxylic acids is 3. The van der Waals surface area contributed by atoms with Crippen LogP contribution in [-0.2, 0) is 14.3 Å². The number of amides is 1. The van der Waals surface area contributed by atoms with Gasteiger partial charge in [-0.3, -0.25) is 9.59 Å². The first kappa shape index (κ1) is 12.6. The van der Waals surface area contributed by atoms with Crippen LogP contribution >= 0.6 is 11.6 Å². The van der Waals surface area contributed by atoms with Crippen LogP contribution in [0.2, 0.25) is 5.02 Å². The lowest BCUT2D eigenvalue weighted by Crippen LogP contribution is -2.45. The molecule has 1 amide bonds. The van der Waals surface area contributed by atoms with Crippen LogP contribution in [0, 0.1) is 0 Å². The van der Waals surface area contributed by atoms with Crippen LogP contribution in [0.1, 0.15) is 23.2 Å². The Morgan fingerprint density at radius 2 is 2.17 bits per heavy atom. The second-order valence-corrected chi connectivity index (χ2v) is 4.30. The van der Waals surface area contributed by atoms with E-state index in [4.69, 9.17) is 11.6 Å². The Morgan fingerprint density at radius 3 is 2.83 bits per heavy atom. The second-order valence-electron chi connectivity index (χ2n) is 3.87. The first-order chi connectivity index (χ1) is 8.56. The van der Waals surface area contributed by atoms with Crippen molar-refractivity contribution in [2.24, 2.45) is 0 Å². The topological polar surface area (TPSA) is 72.5 Å². The number of benzene rings is 1. The molecule has 1 aromatic carbocycles. The maximum Gasteiger partial charge on any atom is 0.336 e. The molecule has 1 saturated heterocycles. The van der Waals surface area contributed by atoms with Crippen molar-refractivity contribution in [2.75, 3.05) is 0 Å². The Morgan fingerprint density at radius 1 is 1.39 bits per heavy atom. The molecule has 5 nitrogen and oxygen atoms in total. The van der Waals surface area contributed by atoms with E-state index in [9.17, 15) is 14.4 Å². The predicted octanol–water partition coefficient (Wildman–Crippen LogP) is 1.30. The SMILES string of the molecule is O=C1CC[C@H](NC(=O)c2cccc(Cl)c2)C(=O)O1.